The largest absolute Gasteiger partial charge is 0.357 e. The molecule has 0 aliphatic carbocycles. The first-order valence-corrected chi connectivity index (χ1v) is 11.7. The summed E-state index contributed by atoms with van der Waals surface area (Å²) in [5.41, 5.74) is 2.51. The average Bonchev–Trinajstić information content (AvgIpc) is 2.81. The lowest BCUT2D eigenvalue weighted by molar-refractivity contribution is -0.130. The Morgan fingerprint density at radius 1 is 1.03 bits per heavy atom. The van der Waals surface area contributed by atoms with Gasteiger partial charge in [0.2, 0.25) is 5.91 Å². The molecule has 2 aromatic carbocycles. The molecule has 1 fully saturated rings. The summed E-state index contributed by atoms with van der Waals surface area (Å²) in [6.07, 6.45) is 2.60. The van der Waals surface area contributed by atoms with Gasteiger partial charge < -0.3 is 15.5 Å². The van der Waals surface area contributed by atoms with Gasteiger partial charge in [0, 0.05) is 52.2 Å². The molecule has 0 unspecified atom stereocenters. The number of rotatable bonds is 9. The molecule has 1 aliphatic rings. The Labute approximate surface area is 215 Å². The molecule has 0 spiro atoms. The maximum Gasteiger partial charge on any atom is 0.224 e. The van der Waals surface area contributed by atoms with Crippen LogP contribution in [0.3, 0.4) is 0 Å². The smallest absolute Gasteiger partial charge is 0.224 e. The van der Waals surface area contributed by atoms with E-state index in [0.717, 1.165) is 50.5 Å². The second-order valence-electron chi connectivity index (χ2n) is 8.43. The first kappa shape index (κ1) is 27.1. The Bertz CT molecular complexity index is 838. The van der Waals surface area contributed by atoms with Crippen molar-refractivity contribution in [2.45, 2.75) is 45.3 Å². The normalized spacial score (nSPS) is 14.9. The van der Waals surface area contributed by atoms with E-state index in [0.29, 0.717) is 25.6 Å². The number of nitrogens with one attached hydrogen (secondary N) is 2. The van der Waals surface area contributed by atoms with Gasteiger partial charge in [0.05, 0.1) is 6.54 Å². The summed E-state index contributed by atoms with van der Waals surface area (Å²) in [6, 6.07) is 21.1. The van der Waals surface area contributed by atoms with Crippen LogP contribution in [0.15, 0.2) is 65.7 Å². The van der Waals surface area contributed by atoms with Gasteiger partial charge in [-0.1, -0.05) is 60.7 Å². The molecule has 0 aromatic heterocycles. The van der Waals surface area contributed by atoms with E-state index < -0.39 is 0 Å². The fraction of sp³-hybridized carbons (Fsp3) is 0.462. The topological polar surface area (TPSA) is 60.0 Å². The zero-order valence-corrected chi connectivity index (χ0v) is 22.2. The summed E-state index contributed by atoms with van der Waals surface area (Å²) in [5.74, 6) is 0.926. The molecular formula is C26H38IN5O. The SMILES string of the molecule is CCNC(=NCCC(=O)N(C)Cc1ccccc1)NC1CCN(Cc2ccccc2)CC1.I. The van der Waals surface area contributed by atoms with Gasteiger partial charge in [-0.25, -0.2) is 0 Å². The molecule has 0 radical (unpaired) electrons. The van der Waals surface area contributed by atoms with Crippen LogP contribution in [0.5, 0.6) is 0 Å². The number of aliphatic imine (C=N–C) groups is 1. The number of guanidine groups is 1. The molecule has 33 heavy (non-hydrogen) atoms. The monoisotopic (exact) mass is 563 g/mol. The molecule has 1 amide bonds. The Morgan fingerprint density at radius 2 is 1.64 bits per heavy atom. The van der Waals surface area contributed by atoms with E-state index in [4.69, 9.17) is 0 Å². The van der Waals surface area contributed by atoms with Crippen LogP contribution in [-0.2, 0) is 17.9 Å². The van der Waals surface area contributed by atoms with E-state index in [1.807, 2.05) is 37.4 Å². The molecule has 0 saturated carbocycles. The van der Waals surface area contributed by atoms with E-state index in [9.17, 15) is 4.79 Å². The van der Waals surface area contributed by atoms with Crippen molar-refractivity contribution in [1.29, 1.82) is 0 Å². The third-order valence-corrected chi connectivity index (χ3v) is 5.81. The molecule has 1 saturated heterocycles. The number of hydrogen-bond acceptors (Lipinski definition) is 3. The minimum Gasteiger partial charge on any atom is -0.357 e. The number of hydrogen-bond donors (Lipinski definition) is 2. The van der Waals surface area contributed by atoms with Crippen LogP contribution in [0, 0.1) is 0 Å². The first-order chi connectivity index (χ1) is 15.6. The van der Waals surface area contributed by atoms with E-state index >= 15 is 0 Å². The number of carbonyl (C=O) groups excluding carboxylic acids is 1. The molecule has 180 valence electrons. The Hall–Kier alpha value is -2.13. The van der Waals surface area contributed by atoms with Crippen molar-refractivity contribution in [3.05, 3.63) is 71.8 Å². The summed E-state index contributed by atoms with van der Waals surface area (Å²) in [4.78, 5) is 21.4. The van der Waals surface area contributed by atoms with Crippen molar-refractivity contribution < 1.29 is 4.79 Å². The van der Waals surface area contributed by atoms with E-state index in [2.05, 4.69) is 57.8 Å². The van der Waals surface area contributed by atoms with Gasteiger partial charge in [0.1, 0.15) is 0 Å². The third-order valence-electron chi connectivity index (χ3n) is 5.81. The second-order valence-corrected chi connectivity index (χ2v) is 8.43. The zero-order chi connectivity index (χ0) is 22.6. The Kier molecular flexibility index (Phi) is 12.2. The number of amides is 1. The van der Waals surface area contributed by atoms with Gasteiger partial charge in [-0.2, -0.15) is 0 Å². The standard InChI is InChI=1S/C26H37N5O.HI/c1-3-27-26(28-17-14-25(32)30(2)20-22-10-6-4-7-11-22)29-24-15-18-31(19-16-24)21-23-12-8-5-9-13-23;/h4-13,24H,3,14-21H2,1-2H3,(H2,27,28,29);1H. The molecule has 7 heteroatoms. The summed E-state index contributed by atoms with van der Waals surface area (Å²) < 4.78 is 0. The van der Waals surface area contributed by atoms with Gasteiger partial charge in [-0.15, -0.1) is 24.0 Å². The van der Waals surface area contributed by atoms with Gasteiger partial charge in [0.25, 0.3) is 0 Å². The minimum absolute atomic E-state index is 0. The summed E-state index contributed by atoms with van der Waals surface area (Å²) in [5, 5.41) is 6.90. The molecule has 2 N–H and O–H groups in total. The molecular weight excluding hydrogens is 525 g/mol. The van der Waals surface area contributed by atoms with Gasteiger partial charge in [-0.05, 0) is 30.9 Å². The number of nitrogens with zero attached hydrogens (tertiary/aromatic N) is 3. The van der Waals surface area contributed by atoms with Gasteiger partial charge >= 0.3 is 0 Å². The Morgan fingerprint density at radius 3 is 2.24 bits per heavy atom. The number of benzene rings is 2. The number of piperidine rings is 1. The average molecular weight is 564 g/mol. The number of halogens is 1. The number of carbonyl (C=O) groups is 1. The van der Waals surface area contributed by atoms with E-state index in [1.54, 1.807) is 4.90 Å². The lowest BCUT2D eigenvalue weighted by Crippen LogP contribution is -2.48. The van der Waals surface area contributed by atoms with Crippen LogP contribution in [0.2, 0.25) is 0 Å². The van der Waals surface area contributed by atoms with Crippen LogP contribution >= 0.6 is 24.0 Å². The van der Waals surface area contributed by atoms with E-state index in [1.165, 1.54) is 5.56 Å². The molecule has 1 aliphatic heterocycles. The highest BCUT2D eigenvalue weighted by atomic mass is 127. The van der Waals surface area contributed by atoms with Crippen LogP contribution in [-0.4, -0.2) is 60.9 Å². The van der Waals surface area contributed by atoms with Crippen LogP contribution in [0.25, 0.3) is 0 Å². The first-order valence-electron chi connectivity index (χ1n) is 11.7. The van der Waals surface area contributed by atoms with Crippen molar-refractivity contribution in [3.8, 4) is 0 Å². The van der Waals surface area contributed by atoms with Crippen LogP contribution in [0.1, 0.15) is 37.3 Å². The maximum atomic E-state index is 12.5. The van der Waals surface area contributed by atoms with Crippen molar-refractivity contribution in [2.75, 3.05) is 33.2 Å². The van der Waals surface area contributed by atoms with Crippen LogP contribution < -0.4 is 10.6 Å². The van der Waals surface area contributed by atoms with Crippen molar-refractivity contribution >= 4 is 35.8 Å². The highest BCUT2D eigenvalue weighted by Gasteiger charge is 2.20. The summed E-state index contributed by atoms with van der Waals surface area (Å²) >= 11 is 0. The molecule has 6 nitrogen and oxygen atoms in total. The number of likely N-dealkylation sites (tertiary alicyclic amines) is 1. The highest BCUT2D eigenvalue weighted by molar-refractivity contribution is 14.0. The predicted molar refractivity (Wildman–Crippen MR) is 147 cm³/mol. The van der Waals surface area contributed by atoms with E-state index in [-0.39, 0.29) is 29.9 Å². The molecule has 0 atom stereocenters. The second kappa shape index (κ2) is 14.9. The molecule has 3 rings (SSSR count). The predicted octanol–water partition coefficient (Wildman–Crippen LogP) is 3.87. The van der Waals surface area contributed by atoms with Crippen molar-refractivity contribution in [1.82, 2.24) is 20.4 Å². The Balaban J connectivity index is 0.00000385. The summed E-state index contributed by atoms with van der Waals surface area (Å²) in [6.45, 7) is 7.16. The summed E-state index contributed by atoms with van der Waals surface area (Å²) in [7, 11) is 1.85. The molecule has 1 heterocycles. The molecule has 0 bridgehead atoms. The van der Waals surface area contributed by atoms with Gasteiger partial charge in [0.15, 0.2) is 5.96 Å². The zero-order valence-electron chi connectivity index (χ0n) is 19.9. The highest BCUT2D eigenvalue weighted by Crippen LogP contribution is 2.14. The molecule has 2 aromatic rings. The van der Waals surface area contributed by atoms with Crippen molar-refractivity contribution in [3.63, 3.8) is 0 Å². The fourth-order valence-corrected chi connectivity index (χ4v) is 3.99. The maximum absolute atomic E-state index is 12.5. The van der Waals surface area contributed by atoms with Crippen molar-refractivity contribution in [2.24, 2.45) is 4.99 Å². The quantitative estimate of drug-likeness (QED) is 0.277. The third kappa shape index (κ3) is 9.71. The lowest BCUT2D eigenvalue weighted by Gasteiger charge is -2.33. The fourth-order valence-electron chi connectivity index (χ4n) is 3.99. The van der Waals surface area contributed by atoms with Gasteiger partial charge in [-0.3, -0.25) is 14.7 Å². The lowest BCUT2D eigenvalue weighted by atomic mass is 10.0. The minimum atomic E-state index is 0. The van der Waals surface area contributed by atoms with Crippen LogP contribution in [0.4, 0.5) is 0 Å².